The van der Waals surface area contributed by atoms with Crippen LogP contribution in [-0.2, 0) is 6.42 Å². The Labute approximate surface area is 111 Å². The third-order valence-corrected chi connectivity index (χ3v) is 4.63. The topological polar surface area (TPSA) is 28.4 Å². The van der Waals surface area contributed by atoms with Gasteiger partial charge in [-0.05, 0) is 45.4 Å². The second-order valence-corrected chi connectivity index (χ2v) is 5.65. The van der Waals surface area contributed by atoms with E-state index in [9.17, 15) is 0 Å². The molecular formula is C15H26N2O. The summed E-state index contributed by atoms with van der Waals surface area (Å²) >= 11 is 0. The minimum absolute atomic E-state index is 0.548. The Morgan fingerprint density at radius 1 is 1.50 bits per heavy atom. The van der Waals surface area contributed by atoms with Crippen LogP contribution in [-0.4, -0.2) is 36.6 Å². The maximum atomic E-state index is 5.46. The average molecular weight is 250 g/mol. The monoisotopic (exact) mass is 250 g/mol. The van der Waals surface area contributed by atoms with Gasteiger partial charge < -0.3 is 9.73 Å². The van der Waals surface area contributed by atoms with Gasteiger partial charge >= 0.3 is 0 Å². The molecule has 3 nitrogen and oxygen atoms in total. The van der Waals surface area contributed by atoms with E-state index in [-0.39, 0.29) is 0 Å². The first-order chi connectivity index (χ1) is 8.63. The third kappa shape index (κ3) is 2.78. The van der Waals surface area contributed by atoms with Crippen molar-refractivity contribution in [1.82, 2.24) is 10.2 Å². The standard InChI is InChI=1S/C15H26N2O/c1-11(10-14-6-5-9-18-14)17-8-7-15(16-4)12(2)13(17)3/h5-6,9,11-13,15-16H,7-8,10H2,1-4H3. The van der Waals surface area contributed by atoms with Crippen LogP contribution < -0.4 is 5.32 Å². The number of likely N-dealkylation sites (tertiary alicyclic amines) is 1. The van der Waals surface area contributed by atoms with Crippen LogP contribution in [0.1, 0.15) is 33.0 Å². The number of furan rings is 1. The number of piperidine rings is 1. The maximum absolute atomic E-state index is 5.46. The fourth-order valence-corrected chi connectivity index (χ4v) is 3.26. The van der Waals surface area contributed by atoms with Gasteiger partial charge in [0.15, 0.2) is 0 Å². The predicted molar refractivity (Wildman–Crippen MR) is 74.7 cm³/mol. The molecule has 0 saturated carbocycles. The van der Waals surface area contributed by atoms with Gasteiger partial charge in [-0.2, -0.15) is 0 Å². The van der Waals surface area contributed by atoms with Crippen LogP contribution in [0.25, 0.3) is 0 Å². The average Bonchev–Trinajstić information content (AvgIpc) is 2.85. The highest BCUT2D eigenvalue weighted by Gasteiger charge is 2.33. The van der Waals surface area contributed by atoms with Crippen molar-refractivity contribution in [3.8, 4) is 0 Å². The zero-order valence-electron chi connectivity index (χ0n) is 12.0. The van der Waals surface area contributed by atoms with E-state index in [0.29, 0.717) is 24.0 Å². The molecule has 1 saturated heterocycles. The number of hydrogen-bond acceptors (Lipinski definition) is 3. The van der Waals surface area contributed by atoms with E-state index in [4.69, 9.17) is 4.42 Å². The minimum atomic E-state index is 0.548. The van der Waals surface area contributed by atoms with Crippen molar-refractivity contribution in [3.63, 3.8) is 0 Å². The summed E-state index contributed by atoms with van der Waals surface area (Å²) in [6.07, 6.45) is 4.01. The molecule has 0 spiro atoms. The van der Waals surface area contributed by atoms with Crippen LogP contribution in [0.2, 0.25) is 0 Å². The van der Waals surface area contributed by atoms with E-state index in [1.165, 1.54) is 13.0 Å². The molecule has 3 heteroatoms. The lowest BCUT2D eigenvalue weighted by atomic mass is 9.86. The Hall–Kier alpha value is -0.800. The highest BCUT2D eigenvalue weighted by atomic mass is 16.3. The van der Waals surface area contributed by atoms with Gasteiger partial charge in [0.05, 0.1) is 6.26 Å². The smallest absolute Gasteiger partial charge is 0.105 e. The lowest BCUT2D eigenvalue weighted by Gasteiger charge is -2.45. The van der Waals surface area contributed by atoms with E-state index < -0.39 is 0 Å². The molecule has 1 N–H and O–H groups in total. The Bertz CT molecular complexity index is 349. The summed E-state index contributed by atoms with van der Waals surface area (Å²) in [5, 5.41) is 3.44. The molecule has 1 aliphatic rings. The van der Waals surface area contributed by atoms with Gasteiger partial charge in [0.25, 0.3) is 0 Å². The first-order valence-corrected chi connectivity index (χ1v) is 7.09. The molecular weight excluding hydrogens is 224 g/mol. The van der Waals surface area contributed by atoms with Gasteiger partial charge in [-0.1, -0.05) is 6.92 Å². The van der Waals surface area contributed by atoms with Crippen molar-refractivity contribution in [2.45, 2.75) is 51.7 Å². The summed E-state index contributed by atoms with van der Waals surface area (Å²) in [7, 11) is 2.08. The molecule has 1 fully saturated rings. The second-order valence-electron chi connectivity index (χ2n) is 5.65. The largest absolute Gasteiger partial charge is 0.469 e. The summed E-state index contributed by atoms with van der Waals surface area (Å²) in [6, 6.07) is 5.88. The van der Waals surface area contributed by atoms with E-state index in [1.54, 1.807) is 6.26 Å². The molecule has 102 valence electrons. The number of nitrogens with zero attached hydrogens (tertiary/aromatic N) is 1. The highest BCUT2D eigenvalue weighted by molar-refractivity contribution is 5.01. The number of nitrogens with one attached hydrogen (secondary N) is 1. The van der Waals surface area contributed by atoms with E-state index >= 15 is 0 Å². The Balaban J connectivity index is 1.96. The zero-order valence-corrected chi connectivity index (χ0v) is 12.0. The fourth-order valence-electron chi connectivity index (χ4n) is 3.26. The summed E-state index contributed by atoms with van der Waals surface area (Å²) in [5.74, 6) is 1.79. The molecule has 1 aromatic rings. The quantitative estimate of drug-likeness (QED) is 0.890. The van der Waals surface area contributed by atoms with Crippen molar-refractivity contribution in [3.05, 3.63) is 24.2 Å². The third-order valence-electron chi connectivity index (χ3n) is 4.63. The SMILES string of the molecule is CNC1CCN(C(C)Cc2ccco2)C(C)C1C. The Morgan fingerprint density at radius 3 is 2.89 bits per heavy atom. The van der Waals surface area contributed by atoms with Crippen LogP contribution in [0.3, 0.4) is 0 Å². The number of hydrogen-bond donors (Lipinski definition) is 1. The molecule has 2 heterocycles. The van der Waals surface area contributed by atoms with Gasteiger partial charge in [0.1, 0.15) is 5.76 Å². The molecule has 18 heavy (non-hydrogen) atoms. The van der Waals surface area contributed by atoms with Crippen LogP contribution >= 0.6 is 0 Å². The first-order valence-electron chi connectivity index (χ1n) is 7.09. The van der Waals surface area contributed by atoms with Gasteiger partial charge in [0, 0.05) is 31.1 Å². The molecule has 4 unspecified atom stereocenters. The predicted octanol–water partition coefficient (Wildman–Crippen LogP) is 2.53. The zero-order chi connectivity index (χ0) is 13.1. The van der Waals surface area contributed by atoms with Gasteiger partial charge in [-0.3, -0.25) is 4.90 Å². The first kappa shape index (κ1) is 13.6. The lowest BCUT2D eigenvalue weighted by Crippen LogP contribution is -2.55. The van der Waals surface area contributed by atoms with Crippen LogP contribution in [0, 0.1) is 5.92 Å². The lowest BCUT2D eigenvalue weighted by molar-refractivity contribution is 0.0532. The van der Waals surface area contributed by atoms with Crippen molar-refractivity contribution >= 4 is 0 Å². The Kier molecular flexibility index (Phi) is 4.46. The summed E-state index contributed by atoms with van der Waals surface area (Å²) in [4.78, 5) is 2.63. The minimum Gasteiger partial charge on any atom is -0.469 e. The molecule has 0 bridgehead atoms. The van der Waals surface area contributed by atoms with Crippen molar-refractivity contribution in [1.29, 1.82) is 0 Å². The molecule has 1 aromatic heterocycles. The normalized spacial score (nSPS) is 31.4. The summed E-state index contributed by atoms with van der Waals surface area (Å²) in [6.45, 7) is 8.20. The van der Waals surface area contributed by atoms with E-state index in [2.05, 4.69) is 44.1 Å². The van der Waals surface area contributed by atoms with Crippen LogP contribution in [0.15, 0.2) is 22.8 Å². The maximum Gasteiger partial charge on any atom is 0.105 e. The van der Waals surface area contributed by atoms with Crippen molar-refractivity contribution in [2.24, 2.45) is 5.92 Å². The summed E-state index contributed by atoms with van der Waals surface area (Å²) in [5.41, 5.74) is 0. The molecule has 2 rings (SSSR count). The molecule has 0 radical (unpaired) electrons. The molecule has 1 aliphatic heterocycles. The molecule has 0 amide bonds. The molecule has 0 aromatic carbocycles. The molecule has 4 atom stereocenters. The van der Waals surface area contributed by atoms with E-state index in [0.717, 1.165) is 12.2 Å². The van der Waals surface area contributed by atoms with Crippen molar-refractivity contribution in [2.75, 3.05) is 13.6 Å². The van der Waals surface area contributed by atoms with Gasteiger partial charge in [-0.25, -0.2) is 0 Å². The second kappa shape index (κ2) is 5.89. The summed E-state index contributed by atoms with van der Waals surface area (Å²) < 4.78 is 5.46. The molecule has 0 aliphatic carbocycles. The highest BCUT2D eigenvalue weighted by Crippen LogP contribution is 2.26. The fraction of sp³-hybridized carbons (Fsp3) is 0.733. The number of rotatable bonds is 4. The van der Waals surface area contributed by atoms with Crippen LogP contribution in [0.5, 0.6) is 0 Å². The van der Waals surface area contributed by atoms with E-state index in [1.807, 2.05) is 6.07 Å². The van der Waals surface area contributed by atoms with Crippen molar-refractivity contribution < 1.29 is 4.42 Å². The van der Waals surface area contributed by atoms with Crippen LogP contribution in [0.4, 0.5) is 0 Å². The van der Waals surface area contributed by atoms with Gasteiger partial charge in [0.2, 0.25) is 0 Å². The van der Waals surface area contributed by atoms with Gasteiger partial charge in [-0.15, -0.1) is 0 Å². The Morgan fingerprint density at radius 2 is 2.28 bits per heavy atom.